The molecule has 1 aromatic rings. The van der Waals surface area contributed by atoms with Crippen LogP contribution in [0.25, 0.3) is 0 Å². The molecule has 0 unspecified atom stereocenters. The summed E-state index contributed by atoms with van der Waals surface area (Å²) in [4.78, 5) is 0. The van der Waals surface area contributed by atoms with Crippen LogP contribution in [0.2, 0.25) is 0 Å². The second kappa shape index (κ2) is 3.88. The number of nitrogens with zero attached hydrogens (tertiary/aromatic N) is 4. The molecule has 80 valence electrons. The van der Waals surface area contributed by atoms with Gasteiger partial charge in [-0.25, -0.2) is 0 Å². The van der Waals surface area contributed by atoms with Gasteiger partial charge in [0.2, 0.25) is 0 Å². The maximum absolute atomic E-state index is 4.50. The molecule has 1 aliphatic rings. The van der Waals surface area contributed by atoms with Crippen molar-refractivity contribution >= 4 is 11.4 Å². The average Bonchev–Trinajstić information content (AvgIpc) is 2.63. The molecule has 2 heterocycles. The maximum atomic E-state index is 4.50. The molecule has 0 aromatic carbocycles. The molecule has 1 aliphatic heterocycles. The first-order valence-electron chi connectivity index (χ1n) is 5.21. The third-order valence-corrected chi connectivity index (χ3v) is 2.47. The molecular weight excluding hydrogens is 188 g/mol. The van der Waals surface area contributed by atoms with Crippen LogP contribution in [-0.2, 0) is 7.05 Å². The van der Waals surface area contributed by atoms with Crippen LogP contribution >= 0.6 is 0 Å². The van der Waals surface area contributed by atoms with Crippen LogP contribution in [-0.4, -0.2) is 27.7 Å². The molecule has 0 amide bonds. The van der Waals surface area contributed by atoms with Gasteiger partial charge in [0.05, 0.1) is 18.0 Å². The Kier molecular flexibility index (Phi) is 2.58. The van der Waals surface area contributed by atoms with E-state index in [0.29, 0.717) is 0 Å². The Morgan fingerprint density at radius 3 is 2.80 bits per heavy atom. The zero-order valence-corrected chi connectivity index (χ0v) is 9.44. The molecule has 0 spiro atoms. The fraction of sp³-hybridized carbons (Fsp3) is 0.455. The zero-order valence-electron chi connectivity index (χ0n) is 9.44. The number of aromatic nitrogens is 1. The summed E-state index contributed by atoms with van der Waals surface area (Å²) in [5, 5.41) is 10.6. The molecular formula is C11H16N4. The van der Waals surface area contributed by atoms with Crippen molar-refractivity contribution in [2.24, 2.45) is 17.3 Å². The number of hydrogen-bond donors (Lipinski definition) is 0. The lowest BCUT2D eigenvalue weighted by molar-refractivity contribution is 0.316. The number of hydrazone groups is 2. The Labute approximate surface area is 89.9 Å². The van der Waals surface area contributed by atoms with E-state index in [4.69, 9.17) is 0 Å². The van der Waals surface area contributed by atoms with Crippen molar-refractivity contribution in [2.45, 2.75) is 20.3 Å². The first kappa shape index (κ1) is 9.96. The standard InChI is InChI=1S/C11H16N4/c1-4-15-12-9(2)8-10(13-15)11-6-5-7-14(11)3/h5-7H,4,8H2,1-3H3. The minimum atomic E-state index is 0.811. The van der Waals surface area contributed by atoms with E-state index >= 15 is 0 Å². The Morgan fingerprint density at radius 2 is 2.20 bits per heavy atom. The highest BCUT2D eigenvalue weighted by atomic mass is 15.7. The van der Waals surface area contributed by atoms with Gasteiger partial charge in [0.1, 0.15) is 0 Å². The van der Waals surface area contributed by atoms with Crippen molar-refractivity contribution in [1.82, 2.24) is 9.69 Å². The van der Waals surface area contributed by atoms with Crippen molar-refractivity contribution in [2.75, 3.05) is 6.54 Å². The second-order valence-corrected chi connectivity index (χ2v) is 3.75. The highest BCUT2D eigenvalue weighted by Crippen LogP contribution is 2.12. The smallest absolute Gasteiger partial charge is 0.0919 e. The lowest BCUT2D eigenvalue weighted by Crippen LogP contribution is -2.24. The molecule has 15 heavy (non-hydrogen) atoms. The molecule has 0 atom stereocenters. The van der Waals surface area contributed by atoms with Crippen LogP contribution in [0, 0.1) is 0 Å². The van der Waals surface area contributed by atoms with E-state index in [1.807, 2.05) is 33.2 Å². The van der Waals surface area contributed by atoms with E-state index in [2.05, 4.69) is 20.8 Å². The second-order valence-electron chi connectivity index (χ2n) is 3.75. The van der Waals surface area contributed by atoms with Gasteiger partial charge in [-0.1, -0.05) is 0 Å². The van der Waals surface area contributed by atoms with E-state index in [9.17, 15) is 0 Å². The SMILES string of the molecule is CCN1N=C(C)CC(c2cccn2C)=N1. The van der Waals surface area contributed by atoms with Crippen LogP contribution in [0.3, 0.4) is 0 Å². The largest absolute Gasteiger partial charge is 0.350 e. The highest BCUT2D eigenvalue weighted by Gasteiger charge is 2.14. The summed E-state index contributed by atoms with van der Waals surface area (Å²) < 4.78 is 2.09. The maximum Gasteiger partial charge on any atom is 0.0919 e. The Hall–Kier alpha value is -1.58. The monoisotopic (exact) mass is 204 g/mol. The van der Waals surface area contributed by atoms with Gasteiger partial charge >= 0.3 is 0 Å². The predicted molar refractivity (Wildman–Crippen MR) is 62.1 cm³/mol. The Bertz CT molecular complexity index is 414. The summed E-state index contributed by atoms with van der Waals surface area (Å²) in [5.74, 6) is 0. The average molecular weight is 204 g/mol. The van der Waals surface area contributed by atoms with Gasteiger partial charge in [0.15, 0.2) is 0 Å². The van der Waals surface area contributed by atoms with Gasteiger partial charge in [-0.2, -0.15) is 15.3 Å². The van der Waals surface area contributed by atoms with Gasteiger partial charge in [-0.15, -0.1) is 0 Å². The molecule has 0 N–H and O–H groups in total. The topological polar surface area (TPSA) is 32.9 Å². The number of hydrogen-bond acceptors (Lipinski definition) is 3. The van der Waals surface area contributed by atoms with Gasteiger partial charge in [0.25, 0.3) is 0 Å². The van der Waals surface area contributed by atoms with Crippen molar-refractivity contribution in [1.29, 1.82) is 0 Å². The van der Waals surface area contributed by atoms with Crippen molar-refractivity contribution in [3.63, 3.8) is 0 Å². The van der Waals surface area contributed by atoms with Gasteiger partial charge in [0, 0.05) is 25.4 Å². The fourth-order valence-corrected chi connectivity index (χ4v) is 1.72. The first-order valence-corrected chi connectivity index (χ1v) is 5.21. The van der Waals surface area contributed by atoms with Crippen molar-refractivity contribution < 1.29 is 0 Å². The molecule has 0 bridgehead atoms. The predicted octanol–water partition coefficient (Wildman–Crippen LogP) is 1.83. The molecule has 4 heteroatoms. The third kappa shape index (κ3) is 1.93. The molecule has 0 radical (unpaired) electrons. The van der Waals surface area contributed by atoms with Crippen LogP contribution < -0.4 is 0 Å². The summed E-state index contributed by atoms with van der Waals surface area (Å²) in [6.07, 6.45) is 2.88. The molecule has 0 saturated carbocycles. The fourth-order valence-electron chi connectivity index (χ4n) is 1.72. The van der Waals surface area contributed by atoms with Crippen LogP contribution in [0.4, 0.5) is 0 Å². The van der Waals surface area contributed by atoms with E-state index in [0.717, 1.165) is 24.4 Å². The Morgan fingerprint density at radius 1 is 1.40 bits per heavy atom. The number of aryl methyl sites for hydroxylation is 1. The normalized spacial score (nSPS) is 16.3. The molecule has 2 rings (SSSR count). The molecule has 4 nitrogen and oxygen atoms in total. The van der Waals surface area contributed by atoms with Gasteiger partial charge < -0.3 is 4.57 Å². The lowest BCUT2D eigenvalue weighted by atomic mass is 10.1. The van der Waals surface area contributed by atoms with E-state index in [1.165, 1.54) is 5.69 Å². The minimum absolute atomic E-state index is 0.811. The zero-order chi connectivity index (χ0) is 10.8. The van der Waals surface area contributed by atoms with Gasteiger partial charge in [-0.3, -0.25) is 0 Å². The minimum Gasteiger partial charge on any atom is -0.350 e. The third-order valence-electron chi connectivity index (χ3n) is 2.47. The summed E-state index contributed by atoms with van der Waals surface area (Å²) in [7, 11) is 2.04. The van der Waals surface area contributed by atoms with Gasteiger partial charge in [-0.05, 0) is 26.0 Å². The van der Waals surface area contributed by atoms with Crippen LogP contribution in [0.5, 0.6) is 0 Å². The molecule has 0 fully saturated rings. The molecule has 1 aromatic heterocycles. The summed E-state index contributed by atoms with van der Waals surface area (Å²) in [5.41, 5.74) is 3.38. The molecule has 0 saturated heterocycles. The van der Waals surface area contributed by atoms with E-state index in [1.54, 1.807) is 5.12 Å². The quantitative estimate of drug-likeness (QED) is 0.723. The molecule has 0 aliphatic carbocycles. The van der Waals surface area contributed by atoms with Crippen molar-refractivity contribution in [3.8, 4) is 0 Å². The highest BCUT2D eigenvalue weighted by molar-refractivity contribution is 6.11. The van der Waals surface area contributed by atoms with Crippen LogP contribution in [0.15, 0.2) is 28.5 Å². The van der Waals surface area contributed by atoms with E-state index < -0.39 is 0 Å². The lowest BCUT2D eigenvalue weighted by Gasteiger charge is -2.20. The Balaban J connectivity index is 2.31. The summed E-state index contributed by atoms with van der Waals surface area (Å²) in [6, 6.07) is 4.13. The number of rotatable bonds is 2. The van der Waals surface area contributed by atoms with Crippen LogP contribution in [0.1, 0.15) is 26.0 Å². The summed E-state index contributed by atoms with van der Waals surface area (Å²) in [6.45, 7) is 4.90. The first-order chi connectivity index (χ1) is 7.20. The van der Waals surface area contributed by atoms with E-state index in [-0.39, 0.29) is 0 Å². The van der Waals surface area contributed by atoms with Crippen molar-refractivity contribution in [3.05, 3.63) is 24.0 Å². The summed E-state index contributed by atoms with van der Waals surface area (Å²) >= 11 is 0.